The van der Waals surface area contributed by atoms with Gasteiger partial charge in [0.15, 0.2) is 5.78 Å². The van der Waals surface area contributed by atoms with Gasteiger partial charge in [0.25, 0.3) is 0 Å². The van der Waals surface area contributed by atoms with Crippen molar-refractivity contribution in [3.05, 3.63) is 70.8 Å². The van der Waals surface area contributed by atoms with Gasteiger partial charge in [-0.2, -0.15) is 5.26 Å². The number of nitrogens with two attached hydrogens (primary N) is 1. The number of ketones is 1. The number of nitrogens with zero attached hydrogens (tertiary/aromatic N) is 2. The summed E-state index contributed by atoms with van der Waals surface area (Å²) in [6.45, 7) is 7.06. The Hall–Kier alpha value is -3.52. The van der Waals surface area contributed by atoms with Crippen molar-refractivity contribution in [3.63, 3.8) is 0 Å². The second-order valence-electron chi connectivity index (χ2n) is 9.24. The number of allylic oxidation sites excluding steroid dienone is 3. The molecule has 0 saturated heterocycles. The van der Waals surface area contributed by atoms with Crippen LogP contribution in [0.15, 0.2) is 65.3 Å². The molecule has 0 radical (unpaired) electrons. The largest absolute Gasteiger partial charge is 0.444 e. The first kappa shape index (κ1) is 19.4. The highest BCUT2D eigenvalue weighted by Crippen LogP contribution is 2.48. The minimum Gasteiger partial charge on any atom is -0.444 e. The van der Waals surface area contributed by atoms with Crippen molar-refractivity contribution in [3.8, 4) is 6.07 Å². The van der Waals surface area contributed by atoms with Gasteiger partial charge in [-0.15, -0.1) is 0 Å². The average molecular weight is 412 g/mol. The highest BCUT2D eigenvalue weighted by atomic mass is 16.5. The van der Waals surface area contributed by atoms with Crippen molar-refractivity contribution in [2.45, 2.75) is 46.1 Å². The fourth-order valence-electron chi connectivity index (χ4n) is 5.20. The van der Waals surface area contributed by atoms with E-state index >= 15 is 0 Å². The van der Waals surface area contributed by atoms with E-state index in [1.54, 1.807) is 0 Å². The molecular formula is C26H25N3O2. The van der Waals surface area contributed by atoms with Crippen LogP contribution in [0.4, 0.5) is 0 Å². The molecule has 2 N–H and O–H groups in total. The minimum atomic E-state index is -0.495. The molecule has 1 aliphatic heterocycles. The number of hydrogen-bond acceptors (Lipinski definition) is 4. The lowest BCUT2D eigenvalue weighted by Gasteiger charge is -2.37. The van der Waals surface area contributed by atoms with Gasteiger partial charge in [-0.3, -0.25) is 4.79 Å². The molecule has 2 aromatic carbocycles. The van der Waals surface area contributed by atoms with E-state index in [0.29, 0.717) is 29.7 Å². The van der Waals surface area contributed by atoms with Crippen LogP contribution in [-0.4, -0.2) is 10.4 Å². The molecule has 0 fully saturated rings. The van der Waals surface area contributed by atoms with Crippen molar-refractivity contribution in [2.75, 3.05) is 0 Å². The summed E-state index contributed by atoms with van der Waals surface area (Å²) in [6, 6.07) is 16.8. The van der Waals surface area contributed by atoms with Crippen molar-refractivity contribution >= 4 is 27.6 Å². The monoisotopic (exact) mass is 411 g/mol. The molecule has 0 amide bonds. The summed E-state index contributed by atoms with van der Waals surface area (Å²) in [4.78, 5) is 13.2. The van der Waals surface area contributed by atoms with E-state index in [0.717, 1.165) is 23.0 Å². The Bertz CT molecular complexity index is 1360. The summed E-state index contributed by atoms with van der Waals surface area (Å²) < 4.78 is 8.09. The predicted octanol–water partition coefficient (Wildman–Crippen LogP) is 5.27. The van der Waals surface area contributed by atoms with E-state index in [1.165, 1.54) is 10.9 Å². The Morgan fingerprint density at radius 2 is 1.90 bits per heavy atom. The van der Waals surface area contributed by atoms with Crippen LogP contribution in [-0.2, 0) is 16.1 Å². The number of aryl methyl sites for hydroxylation is 1. The summed E-state index contributed by atoms with van der Waals surface area (Å²) in [5, 5.41) is 12.3. The molecular weight excluding hydrogens is 386 g/mol. The normalized spacial score (nSPS) is 20.7. The van der Waals surface area contributed by atoms with Crippen LogP contribution in [0.2, 0.25) is 0 Å². The number of ether oxygens (including phenoxy) is 1. The lowest BCUT2D eigenvalue weighted by atomic mass is 9.70. The zero-order valence-electron chi connectivity index (χ0n) is 18.0. The fourth-order valence-corrected chi connectivity index (χ4v) is 5.20. The van der Waals surface area contributed by atoms with E-state index in [9.17, 15) is 10.1 Å². The second kappa shape index (κ2) is 6.75. The molecule has 1 atom stereocenters. The first-order valence-corrected chi connectivity index (χ1v) is 10.7. The molecule has 0 unspecified atom stereocenters. The lowest BCUT2D eigenvalue weighted by molar-refractivity contribution is -0.119. The van der Waals surface area contributed by atoms with Crippen LogP contribution in [0.25, 0.3) is 21.8 Å². The summed E-state index contributed by atoms with van der Waals surface area (Å²) in [7, 11) is 0. The first-order valence-electron chi connectivity index (χ1n) is 10.7. The molecule has 3 aromatic rings. The number of carbonyl (C=O) groups is 1. The third-order valence-corrected chi connectivity index (χ3v) is 6.52. The van der Waals surface area contributed by atoms with E-state index < -0.39 is 5.92 Å². The van der Waals surface area contributed by atoms with Crippen molar-refractivity contribution < 1.29 is 9.53 Å². The second-order valence-corrected chi connectivity index (χ2v) is 9.24. The molecule has 156 valence electrons. The maximum Gasteiger partial charge on any atom is 0.205 e. The van der Waals surface area contributed by atoms with E-state index in [-0.39, 0.29) is 17.1 Å². The highest BCUT2D eigenvalue weighted by Gasteiger charge is 2.43. The van der Waals surface area contributed by atoms with Crippen LogP contribution < -0.4 is 5.73 Å². The molecule has 5 rings (SSSR count). The van der Waals surface area contributed by atoms with Crippen molar-refractivity contribution in [2.24, 2.45) is 11.1 Å². The number of Topliss-reactive ketones (excluding diaryl/α,β-unsaturated/α-hetero) is 1. The SMILES string of the molecule is CCn1c2ccccc2c2ccc([C@@H]3C(C#N)=C(N)OC4=C3C(=O)CC(C)(C)C4)cc21. The van der Waals surface area contributed by atoms with Gasteiger partial charge in [0.2, 0.25) is 5.88 Å². The molecule has 31 heavy (non-hydrogen) atoms. The van der Waals surface area contributed by atoms with Crippen LogP contribution in [0, 0.1) is 16.7 Å². The topological polar surface area (TPSA) is 81.0 Å². The smallest absolute Gasteiger partial charge is 0.205 e. The summed E-state index contributed by atoms with van der Waals surface area (Å²) in [6.07, 6.45) is 1.06. The van der Waals surface area contributed by atoms with E-state index in [1.807, 2.05) is 18.2 Å². The number of benzene rings is 2. The quantitative estimate of drug-likeness (QED) is 0.623. The molecule has 0 spiro atoms. The standard InChI is InChI=1S/C26H25N3O2/c1-4-29-19-8-6-5-7-16(19)17-10-9-15(11-20(17)29)23-18(14-27)25(28)31-22-13-26(2,3)12-21(30)24(22)23/h5-11,23H,4,12-13,28H2,1-3H3/t23-/m1/s1. The van der Waals surface area contributed by atoms with Gasteiger partial charge in [-0.1, -0.05) is 44.2 Å². The fraction of sp³-hybridized carbons (Fsp3) is 0.308. The number of rotatable bonds is 2. The predicted molar refractivity (Wildman–Crippen MR) is 121 cm³/mol. The minimum absolute atomic E-state index is 0.0348. The maximum atomic E-state index is 13.2. The van der Waals surface area contributed by atoms with Crippen molar-refractivity contribution in [1.29, 1.82) is 5.26 Å². The Kier molecular flexibility index (Phi) is 4.23. The molecule has 2 aliphatic rings. The molecule has 5 nitrogen and oxygen atoms in total. The number of aromatic nitrogens is 1. The Morgan fingerprint density at radius 3 is 2.65 bits per heavy atom. The third kappa shape index (κ3) is 2.86. The third-order valence-electron chi connectivity index (χ3n) is 6.52. The van der Waals surface area contributed by atoms with Gasteiger partial charge in [0, 0.05) is 46.8 Å². The Morgan fingerprint density at radius 1 is 1.16 bits per heavy atom. The van der Waals surface area contributed by atoms with Crippen LogP contribution in [0.1, 0.15) is 45.1 Å². The average Bonchev–Trinajstić information content (AvgIpc) is 3.04. The number of nitriles is 1. The van der Waals surface area contributed by atoms with E-state index in [2.05, 4.69) is 55.7 Å². The molecule has 0 saturated carbocycles. The molecule has 1 aromatic heterocycles. The number of hydrogen-bond donors (Lipinski definition) is 1. The zero-order chi connectivity index (χ0) is 21.9. The van der Waals surface area contributed by atoms with E-state index in [4.69, 9.17) is 10.5 Å². The van der Waals surface area contributed by atoms with Gasteiger partial charge in [-0.25, -0.2) is 0 Å². The summed E-state index contributed by atoms with van der Waals surface area (Å²) in [5.74, 6) is 0.254. The zero-order valence-corrected chi connectivity index (χ0v) is 18.0. The summed E-state index contributed by atoms with van der Waals surface area (Å²) in [5.41, 5.74) is 10.0. The Labute approximate surface area is 181 Å². The lowest BCUT2D eigenvalue weighted by Crippen LogP contribution is -2.33. The molecule has 1 aliphatic carbocycles. The van der Waals surface area contributed by atoms with Gasteiger partial charge in [0.05, 0.1) is 5.92 Å². The maximum absolute atomic E-state index is 13.2. The highest BCUT2D eigenvalue weighted by molar-refractivity contribution is 6.08. The van der Waals surface area contributed by atoms with Crippen molar-refractivity contribution in [1.82, 2.24) is 4.57 Å². The number of carbonyl (C=O) groups excluding carboxylic acids is 1. The number of para-hydroxylation sites is 1. The number of fused-ring (bicyclic) bond motifs is 3. The van der Waals surface area contributed by atoms with Gasteiger partial charge in [0.1, 0.15) is 17.4 Å². The van der Waals surface area contributed by atoms with Crippen LogP contribution in [0.3, 0.4) is 0 Å². The Balaban J connectivity index is 1.76. The first-order chi connectivity index (χ1) is 14.8. The van der Waals surface area contributed by atoms with Gasteiger partial charge in [-0.05, 0) is 30.0 Å². The van der Waals surface area contributed by atoms with Crippen LogP contribution in [0.5, 0.6) is 0 Å². The molecule has 2 heterocycles. The molecule has 5 heteroatoms. The van der Waals surface area contributed by atoms with Crippen LogP contribution >= 0.6 is 0 Å². The molecule has 0 bridgehead atoms. The summed E-state index contributed by atoms with van der Waals surface area (Å²) >= 11 is 0. The van der Waals surface area contributed by atoms with Gasteiger partial charge < -0.3 is 15.0 Å². The van der Waals surface area contributed by atoms with Gasteiger partial charge >= 0.3 is 0 Å².